The molecular weight excluding hydrogens is 254 g/mol. The van der Waals surface area contributed by atoms with Crippen molar-refractivity contribution in [3.63, 3.8) is 0 Å². The number of hydrogen-bond donors (Lipinski definition) is 2. The molecule has 0 saturated heterocycles. The highest BCUT2D eigenvalue weighted by Gasteiger charge is 2.18. The Morgan fingerprint density at radius 1 is 0.950 bits per heavy atom. The molecule has 0 fully saturated rings. The molecule has 0 amide bonds. The van der Waals surface area contributed by atoms with Crippen LogP contribution in [0.1, 0.15) is 6.92 Å². The van der Waals surface area contributed by atoms with Crippen LogP contribution in [0.5, 0.6) is 17.2 Å². The minimum Gasteiger partial charge on any atom is -0.491 e. The molecule has 0 aliphatic rings. The van der Waals surface area contributed by atoms with Crippen LogP contribution in [0.15, 0.2) is 54.6 Å². The predicted octanol–water partition coefficient (Wildman–Crippen LogP) is 2.57. The van der Waals surface area contributed by atoms with Crippen molar-refractivity contribution >= 4 is 0 Å². The van der Waals surface area contributed by atoms with Crippen molar-refractivity contribution in [1.29, 1.82) is 0 Å². The molecule has 3 N–H and O–H groups in total. The van der Waals surface area contributed by atoms with E-state index in [9.17, 15) is 5.11 Å². The lowest BCUT2D eigenvalue weighted by molar-refractivity contribution is 0.0195. The molecule has 1 unspecified atom stereocenters. The molecule has 106 valence electrons. The standard InChI is InChI=1S/C16H19NO3/c1-16(18,11-17)12-19-13-7-9-15(10-8-13)20-14-5-3-2-4-6-14/h2-10,18H,11-12,17H2,1H3. The molecule has 2 rings (SSSR count). The Balaban J connectivity index is 1.93. The van der Waals surface area contributed by atoms with Crippen LogP contribution in [0.3, 0.4) is 0 Å². The fraction of sp³-hybridized carbons (Fsp3) is 0.250. The van der Waals surface area contributed by atoms with Gasteiger partial charge in [0.15, 0.2) is 0 Å². The quantitative estimate of drug-likeness (QED) is 0.849. The summed E-state index contributed by atoms with van der Waals surface area (Å²) in [6.07, 6.45) is 0. The Morgan fingerprint density at radius 2 is 1.50 bits per heavy atom. The highest BCUT2D eigenvalue weighted by Crippen LogP contribution is 2.23. The van der Waals surface area contributed by atoms with E-state index in [1.165, 1.54) is 0 Å². The van der Waals surface area contributed by atoms with Gasteiger partial charge in [0.05, 0.1) is 0 Å². The van der Waals surface area contributed by atoms with Gasteiger partial charge in [-0.1, -0.05) is 18.2 Å². The van der Waals surface area contributed by atoms with Crippen LogP contribution in [0.4, 0.5) is 0 Å². The molecule has 2 aromatic carbocycles. The van der Waals surface area contributed by atoms with Gasteiger partial charge in [-0.15, -0.1) is 0 Å². The summed E-state index contributed by atoms with van der Waals surface area (Å²) < 4.78 is 11.2. The van der Waals surface area contributed by atoms with Crippen LogP contribution < -0.4 is 15.2 Å². The second kappa shape index (κ2) is 6.41. The van der Waals surface area contributed by atoms with E-state index in [-0.39, 0.29) is 13.2 Å². The van der Waals surface area contributed by atoms with Crippen molar-refractivity contribution in [3.05, 3.63) is 54.6 Å². The third-order valence-electron chi connectivity index (χ3n) is 2.79. The molecule has 0 spiro atoms. The molecule has 1 atom stereocenters. The van der Waals surface area contributed by atoms with Crippen LogP contribution in [0, 0.1) is 0 Å². The highest BCUT2D eigenvalue weighted by molar-refractivity contribution is 5.35. The second-order valence-corrected chi connectivity index (χ2v) is 4.88. The first kappa shape index (κ1) is 14.4. The van der Waals surface area contributed by atoms with Gasteiger partial charge < -0.3 is 20.3 Å². The van der Waals surface area contributed by atoms with Crippen molar-refractivity contribution in [2.45, 2.75) is 12.5 Å². The van der Waals surface area contributed by atoms with Gasteiger partial charge in [-0.2, -0.15) is 0 Å². The maximum atomic E-state index is 9.76. The number of aliphatic hydroxyl groups is 1. The van der Waals surface area contributed by atoms with Gasteiger partial charge in [0.1, 0.15) is 29.5 Å². The number of ether oxygens (including phenoxy) is 2. The van der Waals surface area contributed by atoms with Crippen molar-refractivity contribution < 1.29 is 14.6 Å². The summed E-state index contributed by atoms with van der Waals surface area (Å²) in [4.78, 5) is 0. The van der Waals surface area contributed by atoms with E-state index in [2.05, 4.69) is 0 Å². The van der Waals surface area contributed by atoms with Crippen LogP contribution >= 0.6 is 0 Å². The van der Waals surface area contributed by atoms with E-state index < -0.39 is 5.60 Å². The Hall–Kier alpha value is -2.04. The largest absolute Gasteiger partial charge is 0.491 e. The predicted molar refractivity (Wildman–Crippen MR) is 78.1 cm³/mol. The van der Waals surface area contributed by atoms with E-state index >= 15 is 0 Å². The number of hydrogen-bond acceptors (Lipinski definition) is 4. The van der Waals surface area contributed by atoms with Crippen LogP contribution in [0.25, 0.3) is 0 Å². The monoisotopic (exact) mass is 273 g/mol. The summed E-state index contributed by atoms with van der Waals surface area (Å²) in [5, 5.41) is 9.76. The Kier molecular flexibility index (Phi) is 4.61. The lowest BCUT2D eigenvalue weighted by Gasteiger charge is -2.21. The average Bonchev–Trinajstić information content (AvgIpc) is 2.48. The first-order chi connectivity index (χ1) is 9.59. The van der Waals surface area contributed by atoms with Crippen LogP contribution in [-0.2, 0) is 0 Å². The maximum absolute atomic E-state index is 9.76. The SMILES string of the molecule is CC(O)(CN)COc1ccc(Oc2ccccc2)cc1. The zero-order valence-electron chi connectivity index (χ0n) is 11.5. The van der Waals surface area contributed by atoms with Gasteiger partial charge in [0.2, 0.25) is 0 Å². The smallest absolute Gasteiger partial charge is 0.127 e. The molecule has 4 heteroatoms. The molecule has 20 heavy (non-hydrogen) atoms. The van der Waals surface area contributed by atoms with E-state index in [1.807, 2.05) is 42.5 Å². The van der Waals surface area contributed by atoms with Gasteiger partial charge in [-0.3, -0.25) is 0 Å². The fourth-order valence-corrected chi connectivity index (χ4v) is 1.53. The molecule has 0 saturated carbocycles. The molecule has 0 radical (unpaired) electrons. The van der Waals surface area contributed by atoms with E-state index in [0.29, 0.717) is 5.75 Å². The number of nitrogens with two attached hydrogens (primary N) is 1. The number of para-hydroxylation sites is 1. The lowest BCUT2D eigenvalue weighted by Crippen LogP contribution is -2.40. The molecule has 0 aliphatic carbocycles. The maximum Gasteiger partial charge on any atom is 0.127 e. The molecular formula is C16H19NO3. The number of rotatable bonds is 6. The molecule has 4 nitrogen and oxygen atoms in total. The average molecular weight is 273 g/mol. The van der Waals surface area contributed by atoms with E-state index in [4.69, 9.17) is 15.2 Å². The summed E-state index contributed by atoms with van der Waals surface area (Å²) in [5.74, 6) is 2.18. The second-order valence-electron chi connectivity index (χ2n) is 4.88. The first-order valence-corrected chi connectivity index (χ1v) is 6.47. The molecule has 0 heterocycles. The third kappa shape index (κ3) is 4.26. The number of benzene rings is 2. The lowest BCUT2D eigenvalue weighted by atomic mass is 10.1. The Morgan fingerprint density at radius 3 is 2.10 bits per heavy atom. The Labute approximate surface area is 118 Å². The van der Waals surface area contributed by atoms with Crippen molar-refractivity contribution in [2.24, 2.45) is 5.73 Å². The zero-order chi connectivity index (χ0) is 14.4. The van der Waals surface area contributed by atoms with Gasteiger partial charge in [-0.25, -0.2) is 0 Å². The van der Waals surface area contributed by atoms with Gasteiger partial charge in [0, 0.05) is 6.54 Å². The van der Waals surface area contributed by atoms with Crippen molar-refractivity contribution in [2.75, 3.05) is 13.2 Å². The van der Waals surface area contributed by atoms with E-state index in [1.54, 1.807) is 19.1 Å². The summed E-state index contributed by atoms with van der Waals surface area (Å²) >= 11 is 0. The normalized spacial score (nSPS) is 13.6. The van der Waals surface area contributed by atoms with Gasteiger partial charge in [-0.05, 0) is 43.3 Å². The molecule has 0 bridgehead atoms. The minimum absolute atomic E-state index is 0.155. The first-order valence-electron chi connectivity index (χ1n) is 6.47. The molecule has 0 aromatic heterocycles. The summed E-state index contributed by atoms with van der Waals surface area (Å²) in [5.41, 5.74) is 4.42. The van der Waals surface area contributed by atoms with Crippen LogP contribution in [-0.4, -0.2) is 23.9 Å². The fourth-order valence-electron chi connectivity index (χ4n) is 1.53. The topological polar surface area (TPSA) is 64.7 Å². The third-order valence-corrected chi connectivity index (χ3v) is 2.79. The summed E-state index contributed by atoms with van der Waals surface area (Å²) in [6, 6.07) is 16.8. The highest BCUT2D eigenvalue weighted by atomic mass is 16.5. The summed E-state index contributed by atoms with van der Waals surface area (Å²) in [6.45, 7) is 1.95. The summed E-state index contributed by atoms with van der Waals surface area (Å²) in [7, 11) is 0. The van der Waals surface area contributed by atoms with E-state index in [0.717, 1.165) is 11.5 Å². The van der Waals surface area contributed by atoms with Crippen molar-refractivity contribution in [1.82, 2.24) is 0 Å². The minimum atomic E-state index is -1.01. The zero-order valence-corrected chi connectivity index (χ0v) is 11.5. The molecule has 2 aromatic rings. The van der Waals surface area contributed by atoms with Crippen LogP contribution in [0.2, 0.25) is 0 Å². The molecule has 0 aliphatic heterocycles. The van der Waals surface area contributed by atoms with Gasteiger partial charge >= 0.3 is 0 Å². The van der Waals surface area contributed by atoms with Gasteiger partial charge in [0.25, 0.3) is 0 Å². The van der Waals surface area contributed by atoms with Crippen molar-refractivity contribution in [3.8, 4) is 17.2 Å². The Bertz CT molecular complexity index is 523.